The van der Waals surface area contributed by atoms with Crippen LogP contribution in [0, 0.1) is 0 Å². The Hall–Kier alpha value is -1.47. The predicted molar refractivity (Wildman–Crippen MR) is 94.7 cm³/mol. The van der Waals surface area contributed by atoms with Crippen molar-refractivity contribution in [3.63, 3.8) is 0 Å². The molecule has 25 heavy (non-hydrogen) atoms. The summed E-state index contributed by atoms with van der Waals surface area (Å²) in [5.41, 5.74) is -1.06. The minimum absolute atomic E-state index is 0.176. The number of nitrogens with zero attached hydrogens (tertiary/aromatic N) is 2. The zero-order valence-corrected chi connectivity index (χ0v) is 16.7. The molecule has 1 aromatic heterocycles. The van der Waals surface area contributed by atoms with E-state index in [1.54, 1.807) is 53.7 Å². The van der Waals surface area contributed by atoms with E-state index in [0.29, 0.717) is 5.56 Å². The fourth-order valence-electron chi connectivity index (χ4n) is 1.83. The first-order valence-electron chi connectivity index (χ1n) is 7.79. The van der Waals surface area contributed by atoms with Gasteiger partial charge in [0.25, 0.3) is 0 Å². The molecule has 1 amide bonds. The summed E-state index contributed by atoms with van der Waals surface area (Å²) in [5, 5.41) is 9.13. The summed E-state index contributed by atoms with van der Waals surface area (Å²) in [4.78, 5) is 16.2. The number of amides is 1. The molecule has 8 nitrogen and oxygen atoms in total. The Labute approximate surface area is 148 Å². The molecule has 0 fully saturated rings. The molecule has 0 radical (unpaired) electrons. The molecule has 1 N–H and O–H groups in total. The number of pyridine rings is 1. The van der Waals surface area contributed by atoms with Gasteiger partial charge in [-0.1, -0.05) is 6.07 Å². The van der Waals surface area contributed by atoms with Crippen molar-refractivity contribution < 1.29 is 28.0 Å². The number of hydrogen-bond acceptors (Lipinski definition) is 6. The standard InChI is InChI=1S/C16H27N2O6P/c1-15(2,3)23-25(21,24-16(4,5)6)22-11-12-9-8-10-17-13(12)18(7)14(19)20/h8-10H,11H2,1-7H3,(H,19,20). The Morgan fingerprint density at radius 1 is 1.20 bits per heavy atom. The Balaban J connectivity index is 3.05. The first-order valence-corrected chi connectivity index (χ1v) is 9.25. The van der Waals surface area contributed by atoms with E-state index >= 15 is 0 Å². The summed E-state index contributed by atoms with van der Waals surface area (Å²) >= 11 is 0. The van der Waals surface area contributed by atoms with Gasteiger partial charge in [0.05, 0.1) is 17.8 Å². The van der Waals surface area contributed by atoms with Gasteiger partial charge in [0.1, 0.15) is 5.82 Å². The van der Waals surface area contributed by atoms with Crippen molar-refractivity contribution >= 4 is 19.7 Å². The minimum Gasteiger partial charge on any atom is -0.465 e. The molecule has 0 aliphatic rings. The van der Waals surface area contributed by atoms with Crippen LogP contribution in [-0.4, -0.2) is 34.4 Å². The van der Waals surface area contributed by atoms with Crippen LogP contribution in [0.5, 0.6) is 0 Å². The van der Waals surface area contributed by atoms with Gasteiger partial charge >= 0.3 is 13.9 Å². The van der Waals surface area contributed by atoms with Crippen LogP contribution in [0.25, 0.3) is 0 Å². The van der Waals surface area contributed by atoms with Crippen LogP contribution in [0.2, 0.25) is 0 Å². The summed E-state index contributed by atoms with van der Waals surface area (Å²) in [6.45, 7) is 10.3. The zero-order chi connectivity index (χ0) is 19.5. The minimum atomic E-state index is -3.90. The molecule has 0 bridgehead atoms. The Morgan fingerprint density at radius 3 is 2.16 bits per heavy atom. The highest BCUT2D eigenvalue weighted by Crippen LogP contribution is 2.56. The number of anilines is 1. The van der Waals surface area contributed by atoms with Crippen LogP contribution >= 0.6 is 7.82 Å². The average molecular weight is 374 g/mol. The molecule has 0 aliphatic carbocycles. The molecule has 142 valence electrons. The van der Waals surface area contributed by atoms with Crippen LogP contribution in [0.4, 0.5) is 10.6 Å². The second-order valence-corrected chi connectivity index (χ2v) is 8.97. The number of phosphoric ester groups is 1. The molecule has 0 aliphatic heterocycles. The van der Waals surface area contributed by atoms with Gasteiger partial charge in [-0.05, 0) is 47.6 Å². The lowest BCUT2D eigenvalue weighted by atomic mass is 10.2. The van der Waals surface area contributed by atoms with Crippen LogP contribution < -0.4 is 4.90 Å². The third-order valence-electron chi connectivity index (χ3n) is 2.62. The van der Waals surface area contributed by atoms with Crippen molar-refractivity contribution in [1.82, 2.24) is 4.98 Å². The molecular formula is C16H27N2O6P. The normalized spacial score (nSPS) is 12.9. The monoisotopic (exact) mass is 374 g/mol. The predicted octanol–water partition coefficient (Wildman–Crippen LogP) is 4.45. The highest BCUT2D eigenvalue weighted by atomic mass is 31.2. The number of carbonyl (C=O) groups is 1. The molecular weight excluding hydrogens is 347 g/mol. The Morgan fingerprint density at radius 2 is 1.72 bits per heavy atom. The molecule has 9 heteroatoms. The SMILES string of the molecule is CN(C(=O)O)c1ncccc1COP(=O)(OC(C)(C)C)OC(C)(C)C. The fourth-order valence-corrected chi connectivity index (χ4v) is 3.61. The molecule has 1 heterocycles. The number of aromatic nitrogens is 1. The van der Waals surface area contributed by atoms with E-state index < -0.39 is 25.1 Å². The number of hydrogen-bond donors (Lipinski definition) is 1. The smallest absolute Gasteiger partial charge is 0.465 e. The molecule has 0 aromatic carbocycles. The van der Waals surface area contributed by atoms with E-state index in [9.17, 15) is 9.36 Å². The third kappa shape index (κ3) is 7.52. The van der Waals surface area contributed by atoms with E-state index in [0.717, 1.165) is 4.90 Å². The zero-order valence-electron chi connectivity index (χ0n) is 15.8. The van der Waals surface area contributed by atoms with Crippen molar-refractivity contribution in [2.24, 2.45) is 0 Å². The molecule has 1 rings (SSSR count). The maximum Gasteiger partial charge on any atom is 0.476 e. The van der Waals surface area contributed by atoms with Crippen LogP contribution in [0.15, 0.2) is 18.3 Å². The number of carboxylic acid groups (broad SMARTS) is 1. The molecule has 0 atom stereocenters. The van der Waals surface area contributed by atoms with Crippen molar-refractivity contribution in [2.45, 2.75) is 59.4 Å². The van der Waals surface area contributed by atoms with E-state index in [4.69, 9.17) is 18.7 Å². The van der Waals surface area contributed by atoms with Crippen LogP contribution in [0.3, 0.4) is 0 Å². The van der Waals surface area contributed by atoms with Crippen molar-refractivity contribution in [2.75, 3.05) is 11.9 Å². The first kappa shape index (κ1) is 21.6. The van der Waals surface area contributed by atoms with Gasteiger partial charge in [0, 0.05) is 18.8 Å². The third-order valence-corrected chi connectivity index (χ3v) is 4.61. The highest BCUT2D eigenvalue weighted by Gasteiger charge is 2.37. The van der Waals surface area contributed by atoms with E-state index in [1.807, 2.05) is 0 Å². The molecule has 0 spiro atoms. The van der Waals surface area contributed by atoms with E-state index in [1.165, 1.54) is 13.2 Å². The summed E-state index contributed by atoms with van der Waals surface area (Å²) in [5.74, 6) is 0.188. The lowest BCUT2D eigenvalue weighted by molar-refractivity contribution is 0.000889. The van der Waals surface area contributed by atoms with Gasteiger partial charge in [-0.3, -0.25) is 18.5 Å². The topological polar surface area (TPSA) is 98.2 Å². The fraction of sp³-hybridized carbons (Fsp3) is 0.625. The maximum absolute atomic E-state index is 13.0. The average Bonchev–Trinajstić information content (AvgIpc) is 2.40. The second-order valence-electron chi connectivity index (χ2n) is 7.46. The summed E-state index contributed by atoms with van der Waals surface area (Å²) in [7, 11) is -2.53. The van der Waals surface area contributed by atoms with Gasteiger partial charge in [-0.15, -0.1) is 0 Å². The van der Waals surface area contributed by atoms with Gasteiger partial charge in [0.15, 0.2) is 0 Å². The molecule has 0 saturated heterocycles. The van der Waals surface area contributed by atoms with Gasteiger partial charge in [0.2, 0.25) is 0 Å². The van der Waals surface area contributed by atoms with Gasteiger partial charge in [-0.25, -0.2) is 14.3 Å². The van der Waals surface area contributed by atoms with Crippen LogP contribution in [-0.2, 0) is 24.7 Å². The number of phosphoric acid groups is 1. The first-order chi connectivity index (χ1) is 11.2. The summed E-state index contributed by atoms with van der Waals surface area (Å²) < 4.78 is 29.6. The van der Waals surface area contributed by atoms with Crippen molar-refractivity contribution in [3.8, 4) is 0 Å². The van der Waals surface area contributed by atoms with E-state index in [-0.39, 0.29) is 12.4 Å². The van der Waals surface area contributed by atoms with Gasteiger partial charge < -0.3 is 5.11 Å². The van der Waals surface area contributed by atoms with Crippen molar-refractivity contribution in [1.29, 1.82) is 0 Å². The second kappa shape index (κ2) is 7.83. The molecule has 0 unspecified atom stereocenters. The Bertz CT molecular complexity index is 631. The number of rotatable bonds is 6. The maximum atomic E-state index is 13.0. The molecule has 1 aromatic rings. The molecule has 0 saturated carbocycles. The largest absolute Gasteiger partial charge is 0.476 e. The highest BCUT2D eigenvalue weighted by molar-refractivity contribution is 7.48. The van der Waals surface area contributed by atoms with Gasteiger partial charge in [-0.2, -0.15) is 0 Å². The van der Waals surface area contributed by atoms with Crippen LogP contribution in [0.1, 0.15) is 47.1 Å². The van der Waals surface area contributed by atoms with E-state index in [2.05, 4.69) is 4.98 Å². The quantitative estimate of drug-likeness (QED) is 0.734. The van der Waals surface area contributed by atoms with Crippen molar-refractivity contribution in [3.05, 3.63) is 23.9 Å². The Kier molecular flexibility index (Phi) is 6.75. The summed E-state index contributed by atoms with van der Waals surface area (Å²) in [6.07, 6.45) is 0.301. The lowest BCUT2D eigenvalue weighted by Crippen LogP contribution is -2.26. The lowest BCUT2D eigenvalue weighted by Gasteiger charge is -2.31. The summed E-state index contributed by atoms with van der Waals surface area (Å²) in [6, 6.07) is 3.28.